The molecule has 4 heteroatoms. The van der Waals surface area contributed by atoms with Crippen molar-refractivity contribution in [1.29, 1.82) is 0 Å². The molecule has 4 nitrogen and oxygen atoms in total. The molecule has 2 unspecified atom stereocenters. The largest absolute Gasteiger partial charge is 0.381 e. The van der Waals surface area contributed by atoms with Gasteiger partial charge in [0.25, 0.3) is 0 Å². The smallest absolute Gasteiger partial charge is 0.225 e. The van der Waals surface area contributed by atoms with Crippen LogP contribution in [0.2, 0.25) is 0 Å². The van der Waals surface area contributed by atoms with Crippen molar-refractivity contribution < 1.29 is 9.53 Å². The van der Waals surface area contributed by atoms with Crippen LogP contribution in [0.4, 0.5) is 0 Å². The number of carbonyl (C=O) groups is 1. The van der Waals surface area contributed by atoms with E-state index in [-0.39, 0.29) is 17.9 Å². The molecule has 22 heavy (non-hydrogen) atoms. The molecular formula is C18H22N2O2. The first kappa shape index (κ1) is 15.0. The number of ether oxygens (including phenoxy) is 1. The maximum Gasteiger partial charge on any atom is 0.225 e. The Labute approximate surface area is 130 Å². The third-order valence-electron chi connectivity index (χ3n) is 4.26. The number of rotatable bonds is 4. The molecule has 3 rings (SSSR count). The molecule has 1 fully saturated rings. The van der Waals surface area contributed by atoms with Gasteiger partial charge in [-0.3, -0.25) is 4.79 Å². The summed E-state index contributed by atoms with van der Waals surface area (Å²) in [5.74, 6) is -0.00781. The normalized spacial score (nSPS) is 19.8. The first-order chi connectivity index (χ1) is 10.8. The van der Waals surface area contributed by atoms with Gasteiger partial charge in [0.05, 0.1) is 18.6 Å². The van der Waals surface area contributed by atoms with E-state index in [9.17, 15) is 4.79 Å². The number of fused-ring (bicyclic) bond motifs is 1. The maximum atomic E-state index is 12.4. The molecule has 1 aliphatic rings. The van der Waals surface area contributed by atoms with Crippen molar-refractivity contribution in [3.8, 4) is 0 Å². The molecule has 0 saturated carbocycles. The first-order valence-corrected chi connectivity index (χ1v) is 7.85. The van der Waals surface area contributed by atoms with Crippen LogP contribution in [0.25, 0.3) is 10.8 Å². The van der Waals surface area contributed by atoms with Crippen molar-refractivity contribution in [3.63, 3.8) is 0 Å². The molecular weight excluding hydrogens is 276 g/mol. The number of amides is 1. The highest BCUT2D eigenvalue weighted by Gasteiger charge is 2.24. The summed E-state index contributed by atoms with van der Waals surface area (Å²) in [6, 6.07) is 14.2. The van der Waals surface area contributed by atoms with E-state index in [0.717, 1.165) is 30.4 Å². The number of hydrogen-bond acceptors (Lipinski definition) is 3. The van der Waals surface area contributed by atoms with Crippen LogP contribution in [0.3, 0.4) is 0 Å². The standard InChI is InChI=1S/C18H22N2O2/c19-11-17(20-18(21)16-6-3-9-22-12-16)15-8-7-13-4-1-2-5-14(13)10-15/h1-2,4-5,7-8,10,16-17H,3,6,9,11-12,19H2,(H,20,21). The van der Waals surface area contributed by atoms with Gasteiger partial charge in [0.1, 0.15) is 0 Å². The molecule has 0 bridgehead atoms. The zero-order chi connectivity index (χ0) is 15.4. The highest BCUT2D eigenvalue weighted by Crippen LogP contribution is 2.21. The fourth-order valence-electron chi connectivity index (χ4n) is 2.94. The molecule has 2 aromatic carbocycles. The second kappa shape index (κ2) is 6.90. The van der Waals surface area contributed by atoms with Gasteiger partial charge in [-0.2, -0.15) is 0 Å². The third-order valence-corrected chi connectivity index (χ3v) is 4.26. The summed E-state index contributed by atoms with van der Waals surface area (Å²) in [5.41, 5.74) is 6.93. The lowest BCUT2D eigenvalue weighted by atomic mass is 9.98. The van der Waals surface area contributed by atoms with Gasteiger partial charge in [-0.25, -0.2) is 0 Å². The van der Waals surface area contributed by atoms with E-state index in [1.54, 1.807) is 0 Å². The number of hydrogen-bond donors (Lipinski definition) is 2. The van der Waals surface area contributed by atoms with Crippen LogP contribution in [0.1, 0.15) is 24.4 Å². The molecule has 3 N–H and O–H groups in total. The fraction of sp³-hybridized carbons (Fsp3) is 0.389. The zero-order valence-electron chi connectivity index (χ0n) is 12.6. The lowest BCUT2D eigenvalue weighted by Crippen LogP contribution is -2.40. The number of benzene rings is 2. The summed E-state index contributed by atoms with van der Waals surface area (Å²) < 4.78 is 5.39. The van der Waals surface area contributed by atoms with E-state index in [1.807, 2.05) is 18.2 Å². The molecule has 2 atom stereocenters. The predicted molar refractivity (Wildman–Crippen MR) is 87.4 cm³/mol. The Morgan fingerprint density at radius 2 is 2.09 bits per heavy atom. The van der Waals surface area contributed by atoms with Gasteiger partial charge >= 0.3 is 0 Å². The van der Waals surface area contributed by atoms with E-state index >= 15 is 0 Å². The number of nitrogens with two attached hydrogens (primary N) is 1. The summed E-state index contributed by atoms with van der Waals surface area (Å²) in [7, 11) is 0. The van der Waals surface area contributed by atoms with E-state index in [4.69, 9.17) is 10.5 Å². The van der Waals surface area contributed by atoms with Crippen LogP contribution in [-0.4, -0.2) is 25.7 Å². The Morgan fingerprint density at radius 1 is 1.27 bits per heavy atom. The van der Waals surface area contributed by atoms with Crippen molar-refractivity contribution in [3.05, 3.63) is 48.0 Å². The molecule has 0 radical (unpaired) electrons. The van der Waals surface area contributed by atoms with Gasteiger partial charge in [0.15, 0.2) is 0 Å². The SMILES string of the molecule is NCC(NC(=O)C1CCCOC1)c1ccc2ccccc2c1. The van der Waals surface area contributed by atoms with E-state index < -0.39 is 0 Å². The van der Waals surface area contributed by atoms with Crippen molar-refractivity contribution in [2.75, 3.05) is 19.8 Å². The van der Waals surface area contributed by atoms with Crippen molar-refractivity contribution in [2.45, 2.75) is 18.9 Å². The summed E-state index contributed by atoms with van der Waals surface area (Å²) in [6.07, 6.45) is 1.84. The second-order valence-corrected chi connectivity index (χ2v) is 5.82. The van der Waals surface area contributed by atoms with Crippen molar-refractivity contribution >= 4 is 16.7 Å². The summed E-state index contributed by atoms with van der Waals surface area (Å²) in [6.45, 7) is 1.66. The van der Waals surface area contributed by atoms with Crippen LogP contribution in [0.15, 0.2) is 42.5 Å². The van der Waals surface area contributed by atoms with Crippen LogP contribution >= 0.6 is 0 Å². The minimum absolute atomic E-state index is 0.0447. The molecule has 0 spiro atoms. The minimum atomic E-state index is -0.154. The Balaban J connectivity index is 1.75. The van der Waals surface area contributed by atoms with Gasteiger partial charge in [0.2, 0.25) is 5.91 Å². The third kappa shape index (κ3) is 3.29. The Hall–Kier alpha value is -1.91. The van der Waals surface area contributed by atoms with E-state index in [2.05, 4.69) is 29.6 Å². The average molecular weight is 298 g/mol. The van der Waals surface area contributed by atoms with Crippen LogP contribution in [0, 0.1) is 5.92 Å². The molecule has 116 valence electrons. The topological polar surface area (TPSA) is 64.3 Å². The molecule has 1 saturated heterocycles. The first-order valence-electron chi connectivity index (χ1n) is 7.85. The predicted octanol–water partition coefficient (Wildman–Crippen LogP) is 2.38. The molecule has 2 aromatic rings. The minimum Gasteiger partial charge on any atom is -0.381 e. The summed E-state index contributed by atoms with van der Waals surface area (Å²) in [5, 5.41) is 5.42. The fourth-order valence-corrected chi connectivity index (χ4v) is 2.94. The summed E-state index contributed by atoms with van der Waals surface area (Å²) >= 11 is 0. The van der Waals surface area contributed by atoms with Gasteiger partial charge < -0.3 is 15.8 Å². The maximum absolute atomic E-state index is 12.4. The number of nitrogens with one attached hydrogen (secondary N) is 1. The second-order valence-electron chi connectivity index (χ2n) is 5.82. The Kier molecular flexibility index (Phi) is 4.71. The molecule has 0 aromatic heterocycles. The highest BCUT2D eigenvalue weighted by atomic mass is 16.5. The van der Waals surface area contributed by atoms with Crippen LogP contribution < -0.4 is 11.1 Å². The van der Waals surface area contributed by atoms with Crippen LogP contribution in [0.5, 0.6) is 0 Å². The summed E-state index contributed by atoms with van der Waals surface area (Å²) in [4.78, 5) is 12.4. The van der Waals surface area contributed by atoms with Gasteiger partial charge in [-0.15, -0.1) is 0 Å². The zero-order valence-corrected chi connectivity index (χ0v) is 12.6. The molecule has 0 aliphatic carbocycles. The van der Waals surface area contributed by atoms with Crippen molar-refractivity contribution in [2.24, 2.45) is 11.7 Å². The monoisotopic (exact) mass is 298 g/mol. The van der Waals surface area contributed by atoms with E-state index in [0.29, 0.717) is 13.2 Å². The molecule has 1 aliphatic heterocycles. The Morgan fingerprint density at radius 3 is 2.82 bits per heavy atom. The highest BCUT2D eigenvalue weighted by molar-refractivity contribution is 5.83. The average Bonchev–Trinajstić information content (AvgIpc) is 2.59. The Bertz CT molecular complexity index is 650. The number of carbonyl (C=O) groups excluding carboxylic acids is 1. The lowest BCUT2D eigenvalue weighted by Gasteiger charge is -2.25. The van der Waals surface area contributed by atoms with Crippen molar-refractivity contribution in [1.82, 2.24) is 5.32 Å². The van der Waals surface area contributed by atoms with E-state index in [1.165, 1.54) is 5.39 Å². The quantitative estimate of drug-likeness (QED) is 0.911. The molecule has 1 heterocycles. The van der Waals surface area contributed by atoms with Gasteiger partial charge in [-0.1, -0.05) is 36.4 Å². The van der Waals surface area contributed by atoms with Gasteiger partial charge in [-0.05, 0) is 35.2 Å². The van der Waals surface area contributed by atoms with Gasteiger partial charge in [0, 0.05) is 13.2 Å². The van der Waals surface area contributed by atoms with Crippen LogP contribution in [-0.2, 0) is 9.53 Å². The molecule has 1 amide bonds. The lowest BCUT2D eigenvalue weighted by molar-refractivity contribution is -0.129.